The van der Waals surface area contributed by atoms with Crippen molar-refractivity contribution >= 4 is 0 Å². The largest absolute Gasteiger partial charge is 0.416 e. The molecule has 1 rings (SSSR count). The fourth-order valence-electron chi connectivity index (χ4n) is 1.20. The number of hydrogen-bond donors (Lipinski definition) is 1. The van der Waals surface area contributed by atoms with Crippen LogP contribution in [0.3, 0.4) is 0 Å². The summed E-state index contributed by atoms with van der Waals surface area (Å²) >= 11 is 0. The Morgan fingerprint density at radius 2 is 1.29 bits per heavy atom. The molecule has 17 heavy (non-hydrogen) atoms. The van der Waals surface area contributed by atoms with Gasteiger partial charge in [-0.25, -0.2) is 0 Å². The summed E-state index contributed by atoms with van der Waals surface area (Å²) in [6, 6.07) is 1.13. The number of aliphatic hydroxyl groups is 1. The van der Waals surface area contributed by atoms with Crippen LogP contribution in [0.25, 0.3) is 0 Å². The molecule has 0 atom stereocenters. The highest BCUT2D eigenvalue weighted by Gasteiger charge is 2.36. The van der Waals surface area contributed by atoms with E-state index in [-0.39, 0.29) is 11.6 Å². The van der Waals surface area contributed by atoms with Crippen molar-refractivity contribution in [1.82, 2.24) is 0 Å². The number of hydrogen-bond acceptors (Lipinski definition) is 1. The van der Waals surface area contributed by atoms with E-state index in [0.717, 1.165) is 6.42 Å². The van der Waals surface area contributed by atoms with E-state index in [1.165, 1.54) is 0 Å². The van der Waals surface area contributed by atoms with Gasteiger partial charge >= 0.3 is 12.4 Å². The number of alkyl halides is 6. The summed E-state index contributed by atoms with van der Waals surface area (Å²) in [4.78, 5) is 0. The van der Waals surface area contributed by atoms with Gasteiger partial charge in [0.25, 0.3) is 0 Å². The summed E-state index contributed by atoms with van der Waals surface area (Å²) in [7, 11) is 0. The Labute approximate surface area is 92.7 Å². The predicted molar refractivity (Wildman–Crippen MR) is 46.9 cm³/mol. The second-order valence-electron chi connectivity index (χ2n) is 3.23. The smallest absolute Gasteiger partial charge is 0.396 e. The molecule has 0 aliphatic carbocycles. The molecule has 0 fully saturated rings. The van der Waals surface area contributed by atoms with E-state index >= 15 is 0 Å². The van der Waals surface area contributed by atoms with Crippen LogP contribution in [0.2, 0.25) is 0 Å². The molecule has 0 amide bonds. The van der Waals surface area contributed by atoms with Crippen molar-refractivity contribution < 1.29 is 31.4 Å². The van der Waals surface area contributed by atoms with Crippen LogP contribution >= 0.6 is 0 Å². The van der Waals surface area contributed by atoms with Crippen molar-refractivity contribution in [2.24, 2.45) is 0 Å². The maximum Gasteiger partial charge on any atom is 0.416 e. The number of benzene rings is 1. The summed E-state index contributed by atoms with van der Waals surface area (Å²) in [5.41, 5.74) is -3.12. The van der Waals surface area contributed by atoms with Crippen molar-refractivity contribution in [3.8, 4) is 0 Å². The fourth-order valence-corrected chi connectivity index (χ4v) is 1.20. The highest BCUT2D eigenvalue weighted by atomic mass is 19.4. The van der Waals surface area contributed by atoms with Crippen molar-refractivity contribution in [2.45, 2.75) is 12.4 Å². The minimum Gasteiger partial charge on any atom is -0.396 e. The molecule has 1 aromatic rings. The molecule has 0 aromatic heterocycles. The minimum atomic E-state index is -4.86. The molecule has 0 spiro atoms. The first-order valence-electron chi connectivity index (χ1n) is 4.38. The lowest BCUT2D eigenvalue weighted by atomic mass is 10.0. The first-order valence-corrected chi connectivity index (χ1v) is 4.38. The normalized spacial score (nSPS) is 12.9. The summed E-state index contributed by atoms with van der Waals surface area (Å²) in [6.45, 7) is -0.640. The van der Waals surface area contributed by atoms with Gasteiger partial charge in [0.05, 0.1) is 17.7 Å². The molecule has 0 aliphatic rings. The quantitative estimate of drug-likeness (QED) is 0.806. The third kappa shape index (κ3) is 3.62. The Hall–Kier alpha value is -1.24. The Kier molecular flexibility index (Phi) is 3.71. The molecule has 1 N–H and O–H groups in total. The van der Waals surface area contributed by atoms with Crippen LogP contribution in [-0.2, 0) is 12.4 Å². The Morgan fingerprint density at radius 3 is 1.59 bits per heavy atom. The third-order valence-corrected chi connectivity index (χ3v) is 1.94. The molecule has 0 saturated carbocycles. The van der Waals surface area contributed by atoms with Crippen LogP contribution in [0.15, 0.2) is 18.2 Å². The average Bonchev–Trinajstić information content (AvgIpc) is 2.15. The summed E-state index contributed by atoms with van der Waals surface area (Å²) in [5.74, 6) is 0. The Morgan fingerprint density at radius 1 is 0.882 bits per heavy atom. The lowest BCUT2D eigenvalue weighted by Crippen LogP contribution is -2.11. The molecular formula is C10H7F6O. The minimum absolute atomic E-state index is 0.0364. The van der Waals surface area contributed by atoms with Crippen LogP contribution in [0, 0.1) is 6.42 Å². The van der Waals surface area contributed by atoms with Gasteiger partial charge in [-0.3, -0.25) is 0 Å². The predicted octanol–water partition coefficient (Wildman–Crippen LogP) is 3.27. The summed E-state index contributed by atoms with van der Waals surface area (Å²) in [6.07, 6.45) is -8.86. The number of aliphatic hydroxyl groups excluding tert-OH is 1. The van der Waals surface area contributed by atoms with Gasteiger partial charge in [-0.2, -0.15) is 26.3 Å². The van der Waals surface area contributed by atoms with Gasteiger partial charge in [-0.1, -0.05) is 0 Å². The van der Waals surface area contributed by atoms with E-state index in [1.807, 2.05) is 0 Å². The Bertz CT molecular complexity index is 361. The molecule has 0 bridgehead atoms. The van der Waals surface area contributed by atoms with Gasteiger partial charge in [0.2, 0.25) is 0 Å². The first-order chi connectivity index (χ1) is 7.64. The zero-order valence-electron chi connectivity index (χ0n) is 8.23. The van der Waals surface area contributed by atoms with Gasteiger partial charge in [-0.05, 0) is 23.8 Å². The van der Waals surface area contributed by atoms with E-state index in [1.54, 1.807) is 0 Å². The molecule has 1 radical (unpaired) electrons. The molecule has 0 saturated heterocycles. The van der Waals surface area contributed by atoms with Crippen LogP contribution in [0.1, 0.15) is 16.7 Å². The van der Waals surface area contributed by atoms with E-state index in [0.29, 0.717) is 12.1 Å². The zero-order chi connectivity index (χ0) is 13.3. The summed E-state index contributed by atoms with van der Waals surface area (Å²) < 4.78 is 74.0. The fraction of sp³-hybridized carbons (Fsp3) is 0.300. The van der Waals surface area contributed by atoms with Gasteiger partial charge in [0.15, 0.2) is 0 Å². The Balaban J connectivity index is 3.29. The van der Waals surface area contributed by atoms with Gasteiger partial charge in [-0.15, -0.1) is 0 Å². The zero-order valence-corrected chi connectivity index (χ0v) is 8.23. The van der Waals surface area contributed by atoms with Crippen LogP contribution in [0.5, 0.6) is 0 Å². The molecule has 1 aromatic carbocycles. The van der Waals surface area contributed by atoms with Crippen molar-refractivity contribution in [1.29, 1.82) is 0 Å². The van der Waals surface area contributed by atoms with E-state index in [4.69, 9.17) is 5.11 Å². The third-order valence-electron chi connectivity index (χ3n) is 1.94. The second kappa shape index (κ2) is 4.56. The van der Waals surface area contributed by atoms with Gasteiger partial charge in [0.1, 0.15) is 0 Å². The standard InChI is InChI=1S/C10H7F6O/c11-9(12,13)7-3-6(1-2-17)4-8(5-7)10(14,15)16/h1,3-5,17H,2H2. The second-order valence-corrected chi connectivity index (χ2v) is 3.23. The van der Waals surface area contributed by atoms with Crippen molar-refractivity contribution in [3.63, 3.8) is 0 Å². The number of rotatable bonds is 2. The monoisotopic (exact) mass is 257 g/mol. The van der Waals surface area contributed by atoms with Gasteiger partial charge < -0.3 is 5.11 Å². The maximum atomic E-state index is 12.3. The first kappa shape index (κ1) is 13.8. The van der Waals surface area contributed by atoms with E-state index < -0.39 is 30.1 Å². The van der Waals surface area contributed by atoms with E-state index in [2.05, 4.69) is 0 Å². The highest BCUT2D eigenvalue weighted by Crippen LogP contribution is 2.36. The molecule has 1 nitrogen and oxygen atoms in total. The van der Waals surface area contributed by atoms with Crippen molar-refractivity contribution in [2.75, 3.05) is 6.61 Å². The SMILES string of the molecule is OC[CH]c1cc(C(F)(F)F)cc(C(F)(F)F)c1. The lowest BCUT2D eigenvalue weighted by molar-refractivity contribution is -0.143. The molecule has 0 unspecified atom stereocenters. The average molecular weight is 257 g/mol. The van der Waals surface area contributed by atoms with E-state index in [9.17, 15) is 26.3 Å². The lowest BCUT2D eigenvalue weighted by Gasteiger charge is -2.13. The van der Waals surface area contributed by atoms with Crippen molar-refractivity contribution in [3.05, 3.63) is 41.3 Å². The topological polar surface area (TPSA) is 20.2 Å². The molecular weight excluding hydrogens is 250 g/mol. The summed E-state index contributed by atoms with van der Waals surface area (Å²) in [5, 5.41) is 8.49. The van der Waals surface area contributed by atoms with Crippen LogP contribution in [0.4, 0.5) is 26.3 Å². The molecule has 95 valence electrons. The highest BCUT2D eigenvalue weighted by molar-refractivity contribution is 5.37. The molecule has 0 aliphatic heterocycles. The molecule has 0 heterocycles. The maximum absolute atomic E-state index is 12.3. The molecule has 7 heteroatoms. The number of halogens is 6. The van der Waals surface area contributed by atoms with Gasteiger partial charge in [0, 0.05) is 6.42 Å². The van der Waals surface area contributed by atoms with Crippen LogP contribution in [-0.4, -0.2) is 11.7 Å². The van der Waals surface area contributed by atoms with Crippen LogP contribution < -0.4 is 0 Å².